The van der Waals surface area contributed by atoms with Crippen LogP contribution in [0.25, 0.3) is 0 Å². The van der Waals surface area contributed by atoms with Crippen molar-refractivity contribution in [2.75, 3.05) is 0 Å². The fourth-order valence-corrected chi connectivity index (χ4v) is 2.42. The van der Waals surface area contributed by atoms with E-state index in [-0.39, 0.29) is 30.2 Å². The smallest absolute Gasteiger partial charge is 0.331 e. The fraction of sp³-hybridized carbons (Fsp3) is 0.375. The highest BCUT2D eigenvalue weighted by atomic mass is 16.4. The first-order valence-corrected chi connectivity index (χ1v) is 7.22. The van der Waals surface area contributed by atoms with E-state index < -0.39 is 5.97 Å². The summed E-state index contributed by atoms with van der Waals surface area (Å²) >= 11 is 0. The van der Waals surface area contributed by atoms with Gasteiger partial charge in [0.25, 0.3) is 0 Å². The Labute approximate surface area is 128 Å². The van der Waals surface area contributed by atoms with Gasteiger partial charge in [-0.2, -0.15) is 0 Å². The highest BCUT2D eigenvalue weighted by Crippen LogP contribution is 2.18. The van der Waals surface area contributed by atoms with E-state index in [0.717, 1.165) is 11.1 Å². The van der Waals surface area contributed by atoms with Gasteiger partial charge < -0.3 is 10.2 Å². The van der Waals surface area contributed by atoms with Crippen molar-refractivity contribution in [2.24, 2.45) is 0 Å². The fourth-order valence-electron chi connectivity index (χ4n) is 2.42. The predicted molar refractivity (Wildman–Crippen MR) is 82.3 cm³/mol. The summed E-state index contributed by atoms with van der Waals surface area (Å²) in [4.78, 5) is 23.4. The summed E-state index contributed by atoms with van der Waals surface area (Å²) in [6.07, 6.45) is 0.308. The molecule has 0 radical (unpaired) electrons. The molecular formula is C16H20N2O4. The van der Waals surface area contributed by atoms with Crippen LogP contribution in [0.4, 0.5) is 0 Å². The molecule has 0 unspecified atom stereocenters. The first kappa shape index (κ1) is 15.9. The lowest BCUT2D eigenvalue weighted by Gasteiger charge is -2.04. The summed E-state index contributed by atoms with van der Waals surface area (Å²) in [6, 6.07) is 7.63. The summed E-state index contributed by atoms with van der Waals surface area (Å²) < 4.78 is 2.57. The van der Waals surface area contributed by atoms with Gasteiger partial charge in [0.2, 0.25) is 5.88 Å². The Morgan fingerprint density at radius 2 is 1.82 bits per heavy atom. The van der Waals surface area contributed by atoms with Crippen molar-refractivity contribution in [1.29, 1.82) is 0 Å². The van der Waals surface area contributed by atoms with Crippen molar-refractivity contribution in [2.45, 2.75) is 39.8 Å². The van der Waals surface area contributed by atoms with Crippen molar-refractivity contribution >= 4 is 5.97 Å². The molecule has 0 aliphatic rings. The van der Waals surface area contributed by atoms with Crippen LogP contribution in [0.3, 0.4) is 0 Å². The van der Waals surface area contributed by atoms with Crippen molar-refractivity contribution in [3.05, 3.63) is 51.6 Å². The van der Waals surface area contributed by atoms with Crippen LogP contribution in [-0.2, 0) is 24.3 Å². The van der Waals surface area contributed by atoms with Crippen molar-refractivity contribution < 1.29 is 15.0 Å². The normalized spacial score (nSPS) is 10.8. The molecule has 1 heterocycles. The molecule has 2 aromatic rings. The Kier molecular flexibility index (Phi) is 4.70. The van der Waals surface area contributed by atoms with Crippen LogP contribution in [-0.4, -0.2) is 25.3 Å². The third-order valence-corrected chi connectivity index (χ3v) is 3.53. The summed E-state index contributed by atoms with van der Waals surface area (Å²) in [7, 11) is 0. The lowest BCUT2D eigenvalue weighted by Crippen LogP contribution is -2.25. The summed E-state index contributed by atoms with van der Waals surface area (Å²) in [6.45, 7) is 4.46. The van der Waals surface area contributed by atoms with Gasteiger partial charge >= 0.3 is 11.7 Å². The summed E-state index contributed by atoms with van der Waals surface area (Å²) in [5.74, 6) is -1.34. The Bertz CT molecular complexity index is 726. The zero-order chi connectivity index (χ0) is 16.3. The molecule has 0 atom stereocenters. The van der Waals surface area contributed by atoms with Crippen molar-refractivity contribution in [1.82, 2.24) is 9.13 Å². The maximum Gasteiger partial charge on any atom is 0.331 e. The van der Waals surface area contributed by atoms with Gasteiger partial charge in [-0.1, -0.05) is 36.8 Å². The van der Waals surface area contributed by atoms with E-state index in [4.69, 9.17) is 5.11 Å². The first-order valence-electron chi connectivity index (χ1n) is 7.22. The Balaban J connectivity index is 2.44. The van der Waals surface area contributed by atoms with Crippen LogP contribution in [0.2, 0.25) is 0 Å². The van der Waals surface area contributed by atoms with Crippen LogP contribution in [0.1, 0.15) is 30.2 Å². The number of imidazole rings is 1. The van der Waals surface area contributed by atoms with Gasteiger partial charge in [0.1, 0.15) is 0 Å². The second-order valence-corrected chi connectivity index (χ2v) is 5.35. The quantitative estimate of drug-likeness (QED) is 0.851. The van der Waals surface area contributed by atoms with Crippen LogP contribution in [0.15, 0.2) is 29.1 Å². The molecule has 0 spiro atoms. The van der Waals surface area contributed by atoms with E-state index in [0.29, 0.717) is 13.0 Å². The number of hydrogen-bond acceptors (Lipinski definition) is 3. The molecule has 0 aliphatic carbocycles. The number of carboxylic acid groups (broad SMARTS) is 1. The van der Waals surface area contributed by atoms with Gasteiger partial charge in [-0.15, -0.1) is 0 Å². The molecule has 22 heavy (non-hydrogen) atoms. The molecule has 0 saturated heterocycles. The molecule has 0 bridgehead atoms. The molecule has 118 valence electrons. The van der Waals surface area contributed by atoms with Crippen LogP contribution < -0.4 is 5.69 Å². The third kappa shape index (κ3) is 3.21. The summed E-state index contributed by atoms with van der Waals surface area (Å²) in [5, 5.41) is 19.2. The number of aromatic nitrogens is 2. The minimum absolute atomic E-state index is 0.159. The number of aliphatic carboxylic acids is 1. The number of rotatable bonds is 6. The van der Waals surface area contributed by atoms with Crippen LogP contribution >= 0.6 is 0 Å². The zero-order valence-corrected chi connectivity index (χ0v) is 12.7. The molecular weight excluding hydrogens is 284 g/mol. The number of hydrogen-bond donors (Lipinski definition) is 2. The van der Waals surface area contributed by atoms with E-state index in [1.165, 1.54) is 9.13 Å². The van der Waals surface area contributed by atoms with Crippen LogP contribution in [0.5, 0.6) is 5.88 Å². The van der Waals surface area contributed by atoms with Crippen molar-refractivity contribution in [3.8, 4) is 5.88 Å². The highest BCUT2D eigenvalue weighted by Gasteiger charge is 2.21. The van der Waals surface area contributed by atoms with E-state index in [2.05, 4.69) is 0 Å². The topological polar surface area (TPSA) is 84.5 Å². The molecule has 2 N–H and O–H groups in total. The van der Waals surface area contributed by atoms with Gasteiger partial charge in [0.15, 0.2) is 0 Å². The molecule has 0 aliphatic heterocycles. The number of aromatic hydroxyl groups is 1. The van der Waals surface area contributed by atoms with Gasteiger partial charge in [-0.3, -0.25) is 13.9 Å². The highest BCUT2D eigenvalue weighted by molar-refractivity contribution is 5.70. The van der Waals surface area contributed by atoms with E-state index in [1.54, 1.807) is 0 Å². The number of benzene rings is 1. The van der Waals surface area contributed by atoms with Gasteiger partial charge in [-0.25, -0.2) is 4.79 Å². The maximum absolute atomic E-state index is 12.4. The maximum atomic E-state index is 12.4. The van der Waals surface area contributed by atoms with E-state index in [1.807, 2.05) is 38.1 Å². The Hall–Kier alpha value is -2.50. The molecule has 0 amide bonds. The number of nitrogens with zero attached hydrogens (tertiary/aromatic N) is 2. The number of aryl methyl sites for hydroxylation is 1. The Morgan fingerprint density at radius 1 is 1.18 bits per heavy atom. The molecule has 6 heteroatoms. The van der Waals surface area contributed by atoms with E-state index >= 15 is 0 Å². The lowest BCUT2D eigenvalue weighted by molar-refractivity contribution is -0.136. The monoisotopic (exact) mass is 304 g/mol. The van der Waals surface area contributed by atoms with Gasteiger partial charge in [0, 0.05) is 6.54 Å². The van der Waals surface area contributed by atoms with Gasteiger partial charge in [0.05, 0.1) is 18.7 Å². The van der Waals surface area contributed by atoms with Gasteiger partial charge in [-0.05, 0) is 18.9 Å². The molecule has 1 aromatic carbocycles. The zero-order valence-electron chi connectivity index (χ0n) is 12.7. The molecule has 0 fully saturated rings. The standard InChI is InChI=1S/C16H20N2O4/c1-3-8-17-13(9-14(19)20)15(21)18(16(17)22)10-12-6-4-11(2)5-7-12/h4-7,21H,3,8-10H2,1-2H3,(H,19,20). The lowest BCUT2D eigenvalue weighted by atomic mass is 10.1. The summed E-state index contributed by atoms with van der Waals surface area (Å²) in [5.41, 5.74) is 1.76. The van der Waals surface area contributed by atoms with E-state index in [9.17, 15) is 14.7 Å². The largest absolute Gasteiger partial charge is 0.493 e. The number of carbonyl (C=O) groups is 1. The third-order valence-electron chi connectivity index (χ3n) is 3.53. The average molecular weight is 304 g/mol. The SMILES string of the molecule is CCCn1c(CC(=O)O)c(O)n(Cc2ccc(C)cc2)c1=O. The number of carboxylic acids is 1. The first-order chi connectivity index (χ1) is 10.4. The van der Waals surface area contributed by atoms with Crippen molar-refractivity contribution in [3.63, 3.8) is 0 Å². The minimum atomic E-state index is -1.08. The molecule has 1 aromatic heterocycles. The second kappa shape index (κ2) is 6.51. The predicted octanol–water partition coefficient (Wildman–Crippen LogP) is 1.75. The molecule has 2 rings (SSSR count). The average Bonchev–Trinajstić information content (AvgIpc) is 2.67. The Morgan fingerprint density at radius 3 is 2.36 bits per heavy atom. The molecule has 0 saturated carbocycles. The second-order valence-electron chi connectivity index (χ2n) is 5.35. The molecule has 6 nitrogen and oxygen atoms in total. The minimum Gasteiger partial charge on any atom is -0.493 e. The van der Waals surface area contributed by atoms with Crippen LogP contribution in [0, 0.1) is 6.92 Å².